The molecule has 0 amide bonds. The van der Waals surface area contributed by atoms with Crippen LogP contribution in [0, 0.1) is 0 Å². The lowest BCUT2D eigenvalue weighted by atomic mass is 9.80. The van der Waals surface area contributed by atoms with E-state index in [1.54, 1.807) is 0 Å². The highest BCUT2D eigenvalue weighted by Gasteiger charge is 2.41. The van der Waals surface area contributed by atoms with Crippen molar-refractivity contribution in [1.29, 1.82) is 0 Å². The molecule has 2 heterocycles. The van der Waals surface area contributed by atoms with Gasteiger partial charge in [0.2, 0.25) is 0 Å². The molecule has 0 saturated carbocycles. The number of benzene rings is 12. The van der Waals surface area contributed by atoms with Gasteiger partial charge in [-0.1, -0.05) is 210 Å². The monoisotopic (exact) mass is 992 g/mol. The van der Waals surface area contributed by atoms with Gasteiger partial charge in [0.25, 0.3) is 0 Å². The predicted molar refractivity (Wildman–Crippen MR) is 328 cm³/mol. The van der Waals surface area contributed by atoms with Crippen LogP contribution in [0.4, 0.5) is 34.1 Å². The van der Waals surface area contributed by atoms with Gasteiger partial charge in [-0.05, 0) is 169 Å². The number of hydrogen-bond donors (Lipinski definition) is 0. The third kappa shape index (κ3) is 6.18. The van der Waals surface area contributed by atoms with Crippen molar-refractivity contribution in [1.82, 2.24) is 0 Å². The van der Waals surface area contributed by atoms with Crippen molar-refractivity contribution in [3.05, 3.63) is 242 Å². The van der Waals surface area contributed by atoms with Crippen molar-refractivity contribution in [3.8, 4) is 33.4 Å². The summed E-state index contributed by atoms with van der Waals surface area (Å²) < 4.78 is 0. The minimum Gasteiger partial charge on any atom is -0.311 e. The molecule has 12 aromatic carbocycles. The summed E-state index contributed by atoms with van der Waals surface area (Å²) in [5.41, 5.74) is 17.7. The van der Waals surface area contributed by atoms with E-state index in [4.69, 9.17) is 0 Å². The lowest BCUT2D eigenvalue weighted by Crippen LogP contribution is -2.58. The van der Waals surface area contributed by atoms with Gasteiger partial charge in [-0.2, -0.15) is 0 Å². The first kappa shape index (κ1) is 44.2. The molecule has 3 aliphatic rings. The summed E-state index contributed by atoms with van der Waals surface area (Å²) in [7, 11) is -4.06. The molecule has 0 spiro atoms. The van der Waals surface area contributed by atoms with Gasteiger partial charge in [-0.3, -0.25) is 0 Å². The lowest BCUT2D eigenvalue weighted by molar-refractivity contribution is 0.660. The molecule has 0 bridgehead atoms. The van der Waals surface area contributed by atoms with Crippen LogP contribution in [0.1, 0.15) is 25.0 Å². The Morgan fingerprint density at radius 3 is 1.32 bits per heavy atom. The summed E-state index contributed by atoms with van der Waals surface area (Å²) in [5.74, 6) is 0. The molecule has 2 aliphatic heterocycles. The van der Waals surface area contributed by atoms with Gasteiger partial charge < -0.3 is 9.80 Å². The Bertz CT molecular complexity index is 4330. The van der Waals surface area contributed by atoms with E-state index in [1.807, 2.05) is 0 Å². The highest BCUT2D eigenvalue weighted by Crippen LogP contribution is 2.54. The molecule has 75 heavy (non-hydrogen) atoms. The number of nitrogens with zero attached hydrogens (tertiary/aromatic N) is 2. The zero-order valence-corrected chi connectivity index (χ0v) is 45.3. The number of hydrogen-bond acceptors (Lipinski definition) is 2. The average molecular weight is 993 g/mol. The molecule has 0 N–H and O–H groups in total. The van der Waals surface area contributed by atoms with Gasteiger partial charge in [-0.25, -0.2) is 0 Å². The normalized spacial score (nSPS) is 15.3. The lowest BCUT2D eigenvalue weighted by Gasteiger charge is -2.41. The molecule has 15 rings (SSSR count). The van der Waals surface area contributed by atoms with Crippen LogP contribution in [0.3, 0.4) is 0 Å². The van der Waals surface area contributed by atoms with Crippen LogP contribution in [0.25, 0.3) is 76.5 Å². The van der Waals surface area contributed by atoms with E-state index >= 15 is 0 Å². The Morgan fingerprint density at radius 1 is 0.307 bits per heavy atom. The molecule has 0 atom stereocenters. The molecule has 0 unspecified atom stereocenters. The van der Waals surface area contributed by atoms with Crippen LogP contribution in [0.5, 0.6) is 0 Å². The molecule has 0 saturated heterocycles. The van der Waals surface area contributed by atoms with Crippen molar-refractivity contribution in [2.24, 2.45) is 0 Å². The quantitative estimate of drug-likeness (QED) is 0.0985. The summed E-state index contributed by atoms with van der Waals surface area (Å²) in [6.45, 7) is 14.9. The summed E-state index contributed by atoms with van der Waals surface area (Å²) in [6, 6.07) is 88.5. The van der Waals surface area contributed by atoms with Crippen LogP contribution in [0.15, 0.2) is 231 Å². The molecular weight excluding hydrogens is 937 g/mol. The van der Waals surface area contributed by atoms with Crippen LogP contribution in [-0.2, 0) is 5.41 Å². The van der Waals surface area contributed by atoms with E-state index in [0.29, 0.717) is 0 Å². The fourth-order valence-corrected chi connectivity index (χ4v) is 20.1. The zero-order chi connectivity index (χ0) is 50.5. The van der Waals surface area contributed by atoms with Gasteiger partial charge in [0.1, 0.15) is 16.1 Å². The van der Waals surface area contributed by atoms with Crippen LogP contribution in [0.2, 0.25) is 26.2 Å². The Balaban J connectivity index is 1.10. The van der Waals surface area contributed by atoms with E-state index < -0.39 is 16.1 Å². The van der Waals surface area contributed by atoms with Gasteiger partial charge in [0, 0.05) is 39.5 Å². The van der Waals surface area contributed by atoms with E-state index in [-0.39, 0.29) is 5.41 Å². The number of rotatable bonds is 4. The second-order valence-corrected chi connectivity index (χ2v) is 31.5. The topological polar surface area (TPSA) is 6.48 Å². The molecule has 2 nitrogen and oxygen atoms in total. The van der Waals surface area contributed by atoms with Crippen LogP contribution >= 0.6 is 0 Å². The molecule has 0 fully saturated rings. The number of para-hydroxylation sites is 4. The van der Waals surface area contributed by atoms with Crippen molar-refractivity contribution >= 4 is 114 Å². The minimum atomic E-state index is -2.03. The number of fused-ring (bicyclic) bond motifs is 12. The standard InChI is InChI=1S/C71H56N2Si2/c1-71(2)59-26-12-11-25-52(59)53-38-35-46(42-60(53)71)69-54-39-36-48(73-63-29-15-19-33-67(63)75(5,6)68-34-20-16-30-64(68)73)44-58(54)70(56-41-45-21-7-8-22-49(45)50-23-9-10-24-51(50)56)55-40-37-47(43-57(55)69)72-61-27-13-17-31-65(61)74(3,4)66-32-18-14-28-62(66)72/h7-44H,1-6H3. The fourth-order valence-electron chi connectivity index (χ4n) is 14.1. The van der Waals surface area contributed by atoms with Crippen LogP contribution < -0.4 is 30.5 Å². The maximum atomic E-state index is 2.56. The van der Waals surface area contributed by atoms with Gasteiger partial charge in [-0.15, -0.1) is 0 Å². The van der Waals surface area contributed by atoms with Gasteiger partial charge in [0.15, 0.2) is 0 Å². The van der Waals surface area contributed by atoms with Gasteiger partial charge in [0.05, 0.1) is 0 Å². The summed E-state index contributed by atoms with van der Waals surface area (Å²) in [6.07, 6.45) is 0. The molecule has 4 heteroatoms. The Kier molecular flexibility index (Phi) is 9.35. The second-order valence-electron chi connectivity index (χ2n) is 22.8. The molecule has 12 aromatic rings. The third-order valence-electron chi connectivity index (χ3n) is 17.8. The SMILES string of the molecule is CC1(C)c2ccccc2-c2ccc(-c3c4cc(N5c6ccccc6[Si](C)(C)c6ccccc65)ccc4c(-c4cc5ccccc5c5ccccc45)c4cc(N5c6ccccc6[Si](C)(C)c6ccccc65)ccc34)cc21. The first-order chi connectivity index (χ1) is 36.5. The highest BCUT2D eigenvalue weighted by molar-refractivity contribution is 7.03. The second kappa shape index (κ2) is 15.9. The first-order valence-electron chi connectivity index (χ1n) is 26.7. The fraction of sp³-hybridized carbons (Fsp3) is 0.0986. The predicted octanol–water partition coefficient (Wildman–Crippen LogP) is 17.2. The Hall–Kier alpha value is -8.29. The van der Waals surface area contributed by atoms with Crippen molar-refractivity contribution in [2.75, 3.05) is 9.80 Å². The maximum absolute atomic E-state index is 2.56. The molecule has 0 aromatic heterocycles. The smallest absolute Gasteiger partial charge is 0.117 e. The average Bonchev–Trinajstić information content (AvgIpc) is 3.73. The summed E-state index contributed by atoms with van der Waals surface area (Å²) in [4.78, 5) is 5.12. The van der Waals surface area contributed by atoms with E-state index in [0.717, 1.165) is 0 Å². The Morgan fingerprint density at radius 2 is 0.747 bits per heavy atom. The van der Waals surface area contributed by atoms with E-state index in [1.165, 1.54) is 142 Å². The largest absolute Gasteiger partial charge is 0.311 e. The molecular formula is C71H56N2Si2. The number of anilines is 6. The van der Waals surface area contributed by atoms with Crippen molar-refractivity contribution < 1.29 is 0 Å². The zero-order valence-electron chi connectivity index (χ0n) is 43.3. The minimum absolute atomic E-state index is 0.167. The first-order valence-corrected chi connectivity index (χ1v) is 32.7. The highest BCUT2D eigenvalue weighted by atomic mass is 28.3. The van der Waals surface area contributed by atoms with Crippen molar-refractivity contribution in [3.63, 3.8) is 0 Å². The van der Waals surface area contributed by atoms with E-state index in [2.05, 4.69) is 280 Å². The van der Waals surface area contributed by atoms with Gasteiger partial charge >= 0.3 is 0 Å². The molecule has 0 radical (unpaired) electrons. The third-order valence-corrected chi connectivity index (χ3v) is 24.9. The van der Waals surface area contributed by atoms with E-state index in [9.17, 15) is 0 Å². The summed E-state index contributed by atoms with van der Waals surface area (Å²) >= 11 is 0. The summed E-state index contributed by atoms with van der Waals surface area (Å²) in [5, 5.41) is 15.9. The van der Waals surface area contributed by atoms with Crippen LogP contribution in [-0.4, -0.2) is 16.1 Å². The van der Waals surface area contributed by atoms with Crippen molar-refractivity contribution in [2.45, 2.75) is 45.5 Å². The molecule has 358 valence electrons. The maximum Gasteiger partial charge on any atom is 0.117 e. The Labute approximate surface area is 441 Å². The molecule has 1 aliphatic carbocycles.